The van der Waals surface area contributed by atoms with Crippen molar-refractivity contribution in [1.29, 1.82) is 0 Å². The van der Waals surface area contributed by atoms with Crippen LogP contribution >= 0.6 is 11.3 Å². The molecule has 1 fully saturated rings. The van der Waals surface area contributed by atoms with Crippen LogP contribution in [0.15, 0.2) is 54.6 Å². The Hall–Kier alpha value is -2.24. The lowest BCUT2D eigenvalue weighted by atomic mass is 9.87. The first-order valence-electron chi connectivity index (χ1n) is 8.23. The monoisotopic (exact) mass is 355 g/mol. The highest BCUT2D eigenvalue weighted by Gasteiger charge is 2.44. The van der Waals surface area contributed by atoms with Gasteiger partial charge in [-0.1, -0.05) is 36.4 Å². The molecule has 0 spiro atoms. The first-order chi connectivity index (χ1) is 12.1. The van der Waals surface area contributed by atoms with Crippen LogP contribution in [-0.4, -0.2) is 29.0 Å². The molecule has 0 unspecified atom stereocenters. The number of halogens is 1. The Balaban J connectivity index is 1.74. The molecule has 0 bridgehead atoms. The van der Waals surface area contributed by atoms with Crippen molar-refractivity contribution in [3.8, 4) is 0 Å². The second-order valence-corrected chi connectivity index (χ2v) is 7.57. The SMILES string of the molecule is CN1C(=O)C[C@H](c2ccccc2F)[C@@H]1[C@H](O)c1cc2ccccc2s1. The van der Waals surface area contributed by atoms with E-state index in [1.165, 1.54) is 17.4 Å². The topological polar surface area (TPSA) is 40.5 Å². The number of likely N-dealkylation sites (tertiary alicyclic amines) is 1. The van der Waals surface area contributed by atoms with Crippen LogP contribution in [0.25, 0.3) is 10.1 Å². The molecule has 4 rings (SSSR count). The second-order valence-electron chi connectivity index (χ2n) is 6.46. The summed E-state index contributed by atoms with van der Waals surface area (Å²) in [6, 6.07) is 15.9. The fourth-order valence-corrected chi connectivity index (χ4v) is 4.80. The number of nitrogens with zero attached hydrogens (tertiary/aromatic N) is 1. The van der Waals surface area contributed by atoms with Crippen molar-refractivity contribution in [3.05, 3.63) is 70.9 Å². The Bertz CT molecular complexity index is 905. The third kappa shape index (κ3) is 2.73. The summed E-state index contributed by atoms with van der Waals surface area (Å²) in [5, 5.41) is 12.1. The van der Waals surface area contributed by atoms with Crippen molar-refractivity contribution in [2.24, 2.45) is 0 Å². The van der Waals surface area contributed by atoms with Gasteiger partial charge < -0.3 is 10.0 Å². The fourth-order valence-electron chi connectivity index (χ4n) is 3.71. The van der Waals surface area contributed by atoms with E-state index in [1.54, 1.807) is 30.1 Å². The minimum atomic E-state index is -0.849. The molecule has 1 saturated heterocycles. The van der Waals surface area contributed by atoms with Gasteiger partial charge in [0.2, 0.25) is 5.91 Å². The Morgan fingerprint density at radius 3 is 2.68 bits per heavy atom. The van der Waals surface area contributed by atoms with Crippen molar-refractivity contribution in [1.82, 2.24) is 4.90 Å². The fraction of sp³-hybridized carbons (Fsp3) is 0.250. The van der Waals surface area contributed by atoms with E-state index in [4.69, 9.17) is 0 Å². The number of hydrogen-bond donors (Lipinski definition) is 1. The first-order valence-corrected chi connectivity index (χ1v) is 9.04. The quantitative estimate of drug-likeness (QED) is 0.769. The second kappa shape index (κ2) is 6.24. The van der Waals surface area contributed by atoms with Crippen molar-refractivity contribution >= 4 is 27.3 Å². The summed E-state index contributed by atoms with van der Waals surface area (Å²) in [4.78, 5) is 14.6. The summed E-state index contributed by atoms with van der Waals surface area (Å²) >= 11 is 1.52. The number of fused-ring (bicyclic) bond motifs is 1. The highest BCUT2D eigenvalue weighted by Crippen LogP contribution is 2.43. The number of likely N-dealkylation sites (N-methyl/N-ethyl adjacent to an activating group) is 1. The highest BCUT2D eigenvalue weighted by atomic mass is 32.1. The van der Waals surface area contributed by atoms with Gasteiger partial charge in [-0.15, -0.1) is 11.3 Å². The first kappa shape index (κ1) is 16.2. The van der Waals surface area contributed by atoms with Crippen molar-refractivity contribution in [3.63, 3.8) is 0 Å². The molecule has 1 aliphatic rings. The summed E-state index contributed by atoms with van der Waals surface area (Å²) in [6.07, 6.45) is -0.636. The predicted molar refractivity (Wildman–Crippen MR) is 97.1 cm³/mol. The zero-order valence-corrected chi connectivity index (χ0v) is 14.5. The molecule has 25 heavy (non-hydrogen) atoms. The molecule has 1 aliphatic heterocycles. The minimum Gasteiger partial charge on any atom is -0.385 e. The predicted octanol–water partition coefficient (Wildman–Crippen LogP) is 4.09. The molecule has 0 aliphatic carbocycles. The molecule has 0 saturated carbocycles. The number of amides is 1. The van der Waals surface area contributed by atoms with Gasteiger partial charge in [0.25, 0.3) is 0 Å². The van der Waals surface area contributed by atoms with E-state index in [2.05, 4.69) is 0 Å². The normalized spacial score (nSPS) is 21.9. The molecule has 5 heteroatoms. The molecule has 3 atom stereocenters. The summed E-state index contributed by atoms with van der Waals surface area (Å²) in [5.74, 6) is -0.763. The van der Waals surface area contributed by atoms with Gasteiger partial charge >= 0.3 is 0 Å². The summed E-state index contributed by atoms with van der Waals surface area (Å²) < 4.78 is 15.4. The van der Waals surface area contributed by atoms with Crippen LogP contribution in [0.4, 0.5) is 4.39 Å². The Kier molecular flexibility index (Phi) is 4.06. The number of carbonyl (C=O) groups is 1. The van der Waals surface area contributed by atoms with E-state index in [0.29, 0.717) is 5.56 Å². The van der Waals surface area contributed by atoms with E-state index in [1.807, 2.05) is 30.3 Å². The molecule has 3 aromatic rings. The number of hydrogen-bond acceptors (Lipinski definition) is 3. The van der Waals surface area contributed by atoms with Crippen molar-refractivity contribution in [2.75, 3.05) is 7.05 Å². The molecule has 3 nitrogen and oxygen atoms in total. The van der Waals surface area contributed by atoms with Gasteiger partial charge in [-0.3, -0.25) is 4.79 Å². The number of aliphatic hydroxyl groups excluding tert-OH is 1. The van der Waals surface area contributed by atoms with E-state index in [0.717, 1.165) is 15.0 Å². The van der Waals surface area contributed by atoms with Crippen LogP contribution in [0.5, 0.6) is 0 Å². The van der Waals surface area contributed by atoms with Crippen LogP contribution in [0.3, 0.4) is 0 Å². The summed E-state index contributed by atoms with van der Waals surface area (Å²) in [7, 11) is 1.68. The van der Waals surface area contributed by atoms with E-state index in [9.17, 15) is 14.3 Å². The Morgan fingerprint density at radius 1 is 1.20 bits per heavy atom. The third-order valence-electron chi connectivity index (χ3n) is 5.01. The number of rotatable bonds is 3. The maximum atomic E-state index is 14.3. The average Bonchev–Trinajstić information content (AvgIpc) is 3.17. The van der Waals surface area contributed by atoms with Crippen LogP contribution in [0, 0.1) is 5.82 Å². The van der Waals surface area contributed by atoms with E-state index in [-0.39, 0.29) is 24.1 Å². The number of carbonyl (C=O) groups excluding carboxylic acids is 1. The maximum Gasteiger partial charge on any atom is 0.223 e. The molecule has 2 aromatic carbocycles. The molecular formula is C20H18FNO2S. The van der Waals surface area contributed by atoms with E-state index < -0.39 is 12.1 Å². The molecule has 1 amide bonds. The van der Waals surface area contributed by atoms with Gasteiger partial charge in [0.1, 0.15) is 11.9 Å². The summed E-state index contributed by atoms with van der Waals surface area (Å²) in [6.45, 7) is 0. The van der Waals surface area contributed by atoms with Gasteiger partial charge in [0.05, 0.1) is 6.04 Å². The van der Waals surface area contributed by atoms with Gasteiger partial charge in [0, 0.05) is 29.0 Å². The van der Waals surface area contributed by atoms with Crippen LogP contribution in [0.2, 0.25) is 0 Å². The third-order valence-corrected chi connectivity index (χ3v) is 6.20. The zero-order valence-electron chi connectivity index (χ0n) is 13.7. The number of thiophene rings is 1. The zero-order chi connectivity index (χ0) is 17.6. The molecule has 0 radical (unpaired) electrons. The summed E-state index contributed by atoms with van der Waals surface area (Å²) in [5.41, 5.74) is 0.491. The molecule has 128 valence electrons. The number of aliphatic hydroxyl groups is 1. The minimum absolute atomic E-state index is 0.0709. The lowest BCUT2D eigenvalue weighted by molar-refractivity contribution is -0.128. The lowest BCUT2D eigenvalue weighted by Gasteiger charge is -2.29. The van der Waals surface area contributed by atoms with Crippen LogP contribution in [0.1, 0.15) is 28.9 Å². The molecule has 1 aromatic heterocycles. The average molecular weight is 355 g/mol. The maximum absolute atomic E-state index is 14.3. The molecular weight excluding hydrogens is 337 g/mol. The lowest BCUT2D eigenvalue weighted by Crippen LogP contribution is -2.36. The highest BCUT2D eigenvalue weighted by molar-refractivity contribution is 7.19. The molecule has 2 heterocycles. The van der Waals surface area contributed by atoms with Crippen LogP contribution in [-0.2, 0) is 4.79 Å². The van der Waals surface area contributed by atoms with E-state index >= 15 is 0 Å². The van der Waals surface area contributed by atoms with Gasteiger partial charge in [-0.05, 0) is 29.1 Å². The smallest absolute Gasteiger partial charge is 0.223 e. The standard InChI is InChI=1S/C20H18FNO2S/c1-22-18(23)11-14(13-7-3-4-8-15(13)21)19(22)20(24)17-10-12-6-2-5-9-16(12)25-17/h2-10,14,19-20,24H,11H2,1H3/t14-,19-,20-/m1/s1. The van der Waals surface area contributed by atoms with Gasteiger partial charge in [0.15, 0.2) is 0 Å². The van der Waals surface area contributed by atoms with Crippen LogP contribution < -0.4 is 0 Å². The van der Waals surface area contributed by atoms with Gasteiger partial charge in [-0.2, -0.15) is 0 Å². The Morgan fingerprint density at radius 2 is 1.92 bits per heavy atom. The Labute approximate surface area is 149 Å². The largest absolute Gasteiger partial charge is 0.385 e. The number of benzene rings is 2. The van der Waals surface area contributed by atoms with Crippen molar-refractivity contribution in [2.45, 2.75) is 24.5 Å². The molecule has 1 N–H and O–H groups in total. The van der Waals surface area contributed by atoms with Gasteiger partial charge in [-0.25, -0.2) is 4.39 Å². The van der Waals surface area contributed by atoms with Crippen molar-refractivity contribution < 1.29 is 14.3 Å².